The molecule has 0 saturated heterocycles. The van der Waals surface area contributed by atoms with Crippen molar-refractivity contribution in [3.63, 3.8) is 0 Å². The minimum Gasteiger partial charge on any atom is -0.309 e. The second-order valence-corrected chi connectivity index (χ2v) is 13.8. The summed E-state index contributed by atoms with van der Waals surface area (Å²) in [7, 11) is 0. The van der Waals surface area contributed by atoms with Crippen LogP contribution < -0.4 is 0 Å². The van der Waals surface area contributed by atoms with Crippen LogP contribution in [0.15, 0.2) is 170 Å². The van der Waals surface area contributed by atoms with Crippen LogP contribution in [0.25, 0.3) is 110 Å². The predicted octanol–water partition coefficient (Wildman–Crippen LogP) is 12.3. The van der Waals surface area contributed by atoms with Gasteiger partial charge in [-0.05, 0) is 87.6 Å². The molecule has 0 radical (unpaired) electrons. The molecular weight excluding hydrogens is 633 g/mol. The van der Waals surface area contributed by atoms with Gasteiger partial charge in [0.05, 0.1) is 33.3 Å². The van der Waals surface area contributed by atoms with Crippen molar-refractivity contribution in [2.24, 2.45) is 0 Å². The summed E-state index contributed by atoms with van der Waals surface area (Å²) in [6, 6.07) is 61.3. The van der Waals surface area contributed by atoms with Gasteiger partial charge < -0.3 is 4.57 Å². The first-order valence-electron chi connectivity index (χ1n) is 17.8. The first kappa shape index (κ1) is 27.7. The molecule has 0 N–H and O–H groups in total. The van der Waals surface area contributed by atoms with Crippen molar-refractivity contribution in [3.05, 3.63) is 170 Å². The van der Waals surface area contributed by atoms with Crippen molar-refractivity contribution >= 4 is 65.3 Å². The van der Waals surface area contributed by atoms with Gasteiger partial charge in [-0.15, -0.1) is 0 Å². The van der Waals surface area contributed by atoms with Gasteiger partial charge in [-0.1, -0.05) is 115 Å². The zero-order chi connectivity index (χ0) is 33.9. The molecule has 3 heterocycles. The van der Waals surface area contributed by atoms with E-state index in [1.165, 1.54) is 76.9 Å². The fourth-order valence-corrected chi connectivity index (χ4v) is 8.81. The first-order valence-corrected chi connectivity index (χ1v) is 17.8. The Kier molecular flexibility index (Phi) is 5.47. The van der Waals surface area contributed by atoms with Crippen LogP contribution in [0.5, 0.6) is 0 Å². The van der Waals surface area contributed by atoms with E-state index in [2.05, 4.69) is 179 Å². The highest BCUT2D eigenvalue weighted by atomic mass is 15.2. The molecule has 11 aromatic rings. The van der Waals surface area contributed by atoms with Crippen molar-refractivity contribution in [2.45, 2.75) is 0 Å². The summed E-state index contributed by atoms with van der Waals surface area (Å²) >= 11 is 0. The summed E-state index contributed by atoms with van der Waals surface area (Å²) < 4.78 is 4.61. The van der Waals surface area contributed by atoms with E-state index < -0.39 is 0 Å². The smallest absolute Gasteiger partial charge is 0.235 e. The lowest BCUT2D eigenvalue weighted by Gasteiger charge is -2.10. The third-order valence-corrected chi connectivity index (χ3v) is 11.1. The summed E-state index contributed by atoms with van der Waals surface area (Å²) in [6.07, 6.45) is 0. The van der Waals surface area contributed by atoms with Crippen LogP contribution >= 0.6 is 0 Å². The molecule has 0 aliphatic heterocycles. The Hall–Kier alpha value is -7.04. The van der Waals surface area contributed by atoms with E-state index in [9.17, 15) is 0 Å². The second-order valence-electron chi connectivity index (χ2n) is 13.8. The van der Waals surface area contributed by atoms with Gasteiger partial charge in [0.2, 0.25) is 5.95 Å². The maximum absolute atomic E-state index is 5.29. The van der Waals surface area contributed by atoms with Gasteiger partial charge in [0.1, 0.15) is 0 Å². The van der Waals surface area contributed by atoms with Crippen LogP contribution in [0.2, 0.25) is 0 Å². The molecule has 1 aliphatic rings. The van der Waals surface area contributed by atoms with Crippen molar-refractivity contribution in [1.29, 1.82) is 0 Å². The van der Waals surface area contributed by atoms with Gasteiger partial charge in [0.25, 0.3) is 0 Å². The van der Waals surface area contributed by atoms with Gasteiger partial charge in [0.15, 0.2) is 0 Å². The normalized spacial score (nSPS) is 12.2. The highest BCUT2D eigenvalue weighted by Gasteiger charge is 2.25. The number of hydrogen-bond acceptors (Lipinski definition) is 2. The zero-order valence-electron chi connectivity index (χ0n) is 28.0. The standard InChI is InChI=1S/C48H28N4/c1-2-11-32(12-3-1)51-42-20-9-7-16-38(42)45-33-24-21-29(27-31(33)23-26-44(45)51)30-22-25-43-39(28-30)35-14-6-8-19-41(35)52(43)48-49-40-18-10-17-36-34-13-4-5-15-37(34)47(50-48)46(36)40/h1-28H. The molecule has 52 heavy (non-hydrogen) atoms. The Morgan fingerprint density at radius 3 is 1.92 bits per heavy atom. The van der Waals surface area contributed by atoms with Gasteiger partial charge in [0, 0.05) is 38.2 Å². The van der Waals surface area contributed by atoms with Crippen LogP contribution in [0.3, 0.4) is 0 Å². The lowest BCUT2D eigenvalue weighted by molar-refractivity contribution is 1.02. The fourth-order valence-electron chi connectivity index (χ4n) is 8.81. The maximum atomic E-state index is 5.29. The predicted molar refractivity (Wildman–Crippen MR) is 216 cm³/mol. The van der Waals surface area contributed by atoms with Crippen LogP contribution in [-0.4, -0.2) is 19.1 Å². The molecule has 240 valence electrons. The maximum Gasteiger partial charge on any atom is 0.235 e. The third-order valence-electron chi connectivity index (χ3n) is 11.1. The van der Waals surface area contributed by atoms with Crippen molar-refractivity contribution in [3.8, 4) is 45.1 Å². The third kappa shape index (κ3) is 3.70. The molecule has 4 heteroatoms. The number of aromatic nitrogens is 4. The van der Waals surface area contributed by atoms with Gasteiger partial charge in [-0.25, -0.2) is 9.97 Å². The molecule has 0 saturated carbocycles. The molecule has 0 atom stereocenters. The highest BCUT2D eigenvalue weighted by Crippen LogP contribution is 2.46. The number of nitrogens with zero attached hydrogens (tertiary/aromatic N) is 4. The topological polar surface area (TPSA) is 35.6 Å². The van der Waals surface area contributed by atoms with E-state index in [4.69, 9.17) is 9.97 Å². The molecule has 0 amide bonds. The van der Waals surface area contributed by atoms with Crippen LogP contribution in [0.4, 0.5) is 0 Å². The van der Waals surface area contributed by atoms with E-state index in [-0.39, 0.29) is 0 Å². The minimum absolute atomic E-state index is 0.694. The van der Waals surface area contributed by atoms with Crippen LogP contribution in [0.1, 0.15) is 0 Å². The van der Waals surface area contributed by atoms with E-state index in [1.807, 2.05) is 0 Å². The Labute approximate surface area is 298 Å². The Morgan fingerprint density at radius 2 is 1.04 bits per heavy atom. The SMILES string of the molecule is c1ccc(-n2c3ccccc3c3c4ccc(-c5ccc6c(c5)c5ccccc5n6-c5nc6c7c(cccc7n5)-c5ccccc5-6)cc4ccc32)cc1. The fraction of sp³-hybridized carbons (Fsp3) is 0. The van der Waals surface area contributed by atoms with E-state index in [0.29, 0.717) is 5.95 Å². The quantitative estimate of drug-likeness (QED) is 0.189. The van der Waals surface area contributed by atoms with Crippen molar-refractivity contribution < 1.29 is 0 Å². The molecule has 4 nitrogen and oxygen atoms in total. The largest absolute Gasteiger partial charge is 0.309 e. The van der Waals surface area contributed by atoms with E-state index in [0.717, 1.165) is 27.6 Å². The molecule has 12 rings (SSSR count). The second kappa shape index (κ2) is 10.3. The highest BCUT2D eigenvalue weighted by molar-refractivity contribution is 6.22. The zero-order valence-corrected chi connectivity index (χ0v) is 28.0. The lowest BCUT2D eigenvalue weighted by atomic mass is 9.97. The summed E-state index contributed by atoms with van der Waals surface area (Å²) in [5.41, 5.74) is 13.7. The average Bonchev–Trinajstić information content (AvgIpc) is 3.84. The lowest BCUT2D eigenvalue weighted by Crippen LogP contribution is -2.02. The van der Waals surface area contributed by atoms with Crippen molar-refractivity contribution in [2.75, 3.05) is 0 Å². The number of hydrogen-bond donors (Lipinski definition) is 0. The Morgan fingerprint density at radius 1 is 0.365 bits per heavy atom. The Bertz CT molecular complexity index is 3290. The first-order chi connectivity index (χ1) is 25.8. The van der Waals surface area contributed by atoms with Crippen molar-refractivity contribution in [1.82, 2.24) is 19.1 Å². The molecule has 3 aromatic heterocycles. The van der Waals surface area contributed by atoms with Gasteiger partial charge >= 0.3 is 0 Å². The molecule has 0 fully saturated rings. The van der Waals surface area contributed by atoms with Gasteiger partial charge in [-0.2, -0.15) is 0 Å². The van der Waals surface area contributed by atoms with Crippen LogP contribution in [-0.2, 0) is 0 Å². The number of fused-ring (bicyclic) bond motifs is 11. The van der Waals surface area contributed by atoms with Crippen LogP contribution in [0, 0.1) is 0 Å². The molecular formula is C48H28N4. The molecule has 0 unspecified atom stereocenters. The molecule has 1 aliphatic carbocycles. The minimum atomic E-state index is 0.694. The Balaban J connectivity index is 1.04. The average molecular weight is 661 g/mol. The van der Waals surface area contributed by atoms with Gasteiger partial charge in [-0.3, -0.25) is 4.57 Å². The van der Waals surface area contributed by atoms with E-state index in [1.54, 1.807) is 0 Å². The summed E-state index contributed by atoms with van der Waals surface area (Å²) in [6.45, 7) is 0. The number of benzene rings is 8. The number of rotatable bonds is 3. The molecule has 0 spiro atoms. The van der Waals surface area contributed by atoms with E-state index >= 15 is 0 Å². The summed E-state index contributed by atoms with van der Waals surface area (Å²) in [5.74, 6) is 0.694. The molecule has 8 aromatic carbocycles. The molecule has 0 bridgehead atoms. The monoisotopic (exact) mass is 660 g/mol. The number of para-hydroxylation sites is 3. The summed E-state index contributed by atoms with van der Waals surface area (Å²) in [4.78, 5) is 10.5. The summed E-state index contributed by atoms with van der Waals surface area (Å²) in [5, 5.41) is 8.54.